The van der Waals surface area contributed by atoms with E-state index in [0.29, 0.717) is 6.54 Å². The third-order valence-corrected chi connectivity index (χ3v) is 2.90. The molecule has 3 N–H and O–H groups in total. The van der Waals surface area contributed by atoms with Gasteiger partial charge >= 0.3 is 6.03 Å². The number of nitrogens with one attached hydrogen (secondary N) is 3. The van der Waals surface area contributed by atoms with Gasteiger partial charge in [-0.2, -0.15) is 0 Å². The summed E-state index contributed by atoms with van der Waals surface area (Å²) >= 11 is 0. The number of hydrogen-bond acceptors (Lipinski definition) is 4. The number of hydrogen-bond donors (Lipinski definition) is 3. The Balaban J connectivity index is 1.89. The van der Waals surface area contributed by atoms with Gasteiger partial charge in [0.2, 0.25) is 0 Å². The summed E-state index contributed by atoms with van der Waals surface area (Å²) in [5.41, 5.74) is 2.67. The first-order valence-corrected chi connectivity index (χ1v) is 6.83. The maximum absolute atomic E-state index is 11.9. The average molecular weight is 285 g/mol. The Morgan fingerprint density at radius 1 is 1.29 bits per heavy atom. The second-order valence-electron chi connectivity index (χ2n) is 4.58. The van der Waals surface area contributed by atoms with E-state index in [1.165, 1.54) is 0 Å². The highest BCUT2D eigenvalue weighted by Crippen LogP contribution is 2.11. The summed E-state index contributed by atoms with van der Waals surface area (Å²) in [6, 6.07) is 5.32. The number of anilines is 2. The molecule has 0 unspecified atom stereocenters. The van der Waals surface area contributed by atoms with Crippen LogP contribution < -0.4 is 16.0 Å². The number of amides is 2. The number of carbonyl (C=O) groups is 1. The fourth-order valence-electron chi connectivity index (χ4n) is 1.82. The van der Waals surface area contributed by atoms with Crippen molar-refractivity contribution in [3.63, 3.8) is 0 Å². The predicted molar refractivity (Wildman–Crippen MR) is 83.2 cm³/mol. The van der Waals surface area contributed by atoms with E-state index in [-0.39, 0.29) is 6.03 Å². The summed E-state index contributed by atoms with van der Waals surface area (Å²) in [7, 11) is 0. The lowest BCUT2D eigenvalue weighted by Gasteiger charge is -2.10. The normalized spacial score (nSPS) is 10.0. The SMILES string of the molecule is CCNc1cc(CNC(=O)Nc2ccncc2C)ccn1. The maximum atomic E-state index is 11.9. The van der Waals surface area contributed by atoms with E-state index in [1.807, 2.05) is 26.0 Å². The van der Waals surface area contributed by atoms with Crippen LogP contribution >= 0.6 is 0 Å². The van der Waals surface area contributed by atoms with Crippen LogP contribution in [0.3, 0.4) is 0 Å². The van der Waals surface area contributed by atoms with E-state index in [2.05, 4.69) is 25.9 Å². The molecule has 0 spiro atoms. The van der Waals surface area contributed by atoms with E-state index in [0.717, 1.165) is 29.2 Å². The van der Waals surface area contributed by atoms with Crippen LogP contribution in [-0.4, -0.2) is 22.5 Å². The molecule has 2 aromatic rings. The van der Waals surface area contributed by atoms with Crippen molar-refractivity contribution in [2.75, 3.05) is 17.2 Å². The van der Waals surface area contributed by atoms with Crippen LogP contribution in [0.5, 0.6) is 0 Å². The van der Waals surface area contributed by atoms with Gasteiger partial charge in [-0.3, -0.25) is 4.98 Å². The van der Waals surface area contributed by atoms with Crippen molar-refractivity contribution >= 4 is 17.5 Å². The predicted octanol–water partition coefficient (Wildman–Crippen LogP) is 2.54. The van der Waals surface area contributed by atoms with Gasteiger partial charge in [-0.1, -0.05) is 0 Å². The average Bonchev–Trinajstić information content (AvgIpc) is 2.48. The molecule has 2 heterocycles. The molecule has 2 aromatic heterocycles. The number of aromatic nitrogens is 2. The van der Waals surface area contributed by atoms with Crippen molar-refractivity contribution in [1.82, 2.24) is 15.3 Å². The monoisotopic (exact) mass is 285 g/mol. The molecule has 0 bridgehead atoms. The Kier molecular flexibility index (Phi) is 5.09. The molecule has 21 heavy (non-hydrogen) atoms. The summed E-state index contributed by atoms with van der Waals surface area (Å²) in [4.78, 5) is 20.1. The van der Waals surface area contributed by atoms with Crippen LogP contribution in [0.25, 0.3) is 0 Å². The fourth-order valence-corrected chi connectivity index (χ4v) is 1.82. The van der Waals surface area contributed by atoms with Gasteiger partial charge in [0.1, 0.15) is 5.82 Å². The number of urea groups is 1. The molecule has 110 valence electrons. The zero-order chi connectivity index (χ0) is 15.1. The topological polar surface area (TPSA) is 78.9 Å². The smallest absolute Gasteiger partial charge is 0.319 e. The third-order valence-electron chi connectivity index (χ3n) is 2.90. The van der Waals surface area contributed by atoms with Crippen molar-refractivity contribution in [2.45, 2.75) is 20.4 Å². The van der Waals surface area contributed by atoms with Crippen LogP contribution in [0.2, 0.25) is 0 Å². The quantitative estimate of drug-likeness (QED) is 0.788. The van der Waals surface area contributed by atoms with Gasteiger partial charge < -0.3 is 16.0 Å². The number of nitrogens with zero attached hydrogens (tertiary/aromatic N) is 2. The molecule has 0 aliphatic carbocycles. The van der Waals surface area contributed by atoms with Crippen LogP contribution in [0.15, 0.2) is 36.8 Å². The molecule has 6 heteroatoms. The Bertz CT molecular complexity index is 615. The van der Waals surface area contributed by atoms with E-state index in [4.69, 9.17) is 0 Å². The van der Waals surface area contributed by atoms with Gasteiger partial charge in [0, 0.05) is 37.4 Å². The first-order chi connectivity index (χ1) is 10.2. The minimum atomic E-state index is -0.244. The molecule has 0 saturated heterocycles. The highest BCUT2D eigenvalue weighted by atomic mass is 16.2. The summed E-state index contributed by atoms with van der Waals surface area (Å²) in [5.74, 6) is 0.808. The van der Waals surface area contributed by atoms with Crippen LogP contribution in [0.4, 0.5) is 16.3 Å². The lowest BCUT2D eigenvalue weighted by Crippen LogP contribution is -2.28. The third kappa shape index (κ3) is 4.45. The fraction of sp³-hybridized carbons (Fsp3) is 0.267. The standard InChI is InChI=1S/C15H19N5O/c1-3-17-14-8-12(4-7-18-14)10-19-15(21)20-13-5-6-16-9-11(13)2/h4-9H,3,10H2,1-2H3,(H,17,18)(H2,16,19,20,21). The highest BCUT2D eigenvalue weighted by molar-refractivity contribution is 5.89. The molecule has 2 rings (SSSR count). The summed E-state index contributed by atoms with van der Waals surface area (Å²) < 4.78 is 0. The zero-order valence-electron chi connectivity index (χ0n) is 12.2. The first-order valence-electron chi connectivity index (χ1n) is 6.83. The molecule has 0 saturated carbocycles. The van der Waals surface area contributed by atoms with Crippen molar-refractivity contribution in [2.24, 2.45) is 0 Å². The van der Waals surface area contributed by atoms with E-state index < -0.39 is 0 Å². The van der Waals surface area contributed by atoms with Crippen LogP contribution in [0.1, 0.15) is 18.1 Å². The Morgan fingerprint density at radius 2 is 2.14 bits per heavy atom. The van der Waals surface area contributed by atoms with Crippen molar-refractivity contribution in [3.05, 3.63) is 47.9 Å². The molecular weight excluding hydrogens is 266 g/mol. The van der Waals surface area contributed by atoms with E-state index in [1.54, 1.807) is 24.7 Å². The van der Waals surface area contributed by atoms with Gasteiger partial charge in [-0.05, 0) is 43.2 Å². The van der Waals surface area contributed by atoms with Crippen molar-refractivity contribution in [1.29, 1.82) is 0 Å². The second kappa shape index (κ2) is 7.23. The molecule has 0 fully saturated rings. The van der Waals surface area contributed by atoms with Gasteiger partial charge in [0.25, 0.3) is 0 Å². The summed E-state index contributed by atoms with van der Waals surface area (Å²) in [6.07, 6.45) is 5.08. The highest BCUT2D eigenvalue weighted by Gasteiger charge is 2.04. The zero-order valence-corrected chi connectivity index (χ0v) is 12.2. The largest absolute Gasteiger partial charge is 0.370 e. The molecule has 0 aliphatic rings. The van der Waals surface area contributed by atoms with Crippen molar-refractivity contribution < 1.29 is 4.79 Å². The minimum absolute atomic E-state index is 0.244. The van der Waals surface area contributed by atoms with Gasteiger partial charge in [0.15, 0.2) is 0 Å². The molecule has 0 radical (unpaired) electrons. The Morgan fingerprint density at radius 3 is 2.90 bits per heavy atom. The molecule has 0 atom stereocenters. The maximum Gasteiger partial charge on any atom is 0.319 e. The van der Waals surface area contributed by atoms with Gasteiger partial charge in [-0.25, -0.2) is 9.78 Å². The van der Waals surface area contributed by atoms with Crippen LogP contribution in [0, 0.1) is 6.92 Å². The number of carbonyl (C=O) groups excluding carboxylic acids is 1. The lowest BCUT2D eigenvalue weighted by atomic mass is 10.2. The lowest BCUT2D eigenvalue weighted by molar-refractivity contribution is 0.251. The second-order valence-corrected chi connectivity index (χ2v) is 4.58. The number of pyridine rings is 2. The minimum Gasteiger partial charge on any atom is -0.370 e. The van der Waals surface area contributed by atoms with Gasteiger partial charge in [-0.15, -0.1) is 0 Å². The Labute approximate surface area is 124 Å². The molecule has 6 nitrogen and oxygen atoms in total. The summed E-state index contributed by atoms with van der Waals surface area (Å²) in [5, 5.41) is 8.75. The summed E-state index contributed by atoms with van der Waals surface area (Å²) in [6.45, 7) is 5.16. The number of aryl methyl sites for hydroxylation is 1. The molecular formula is C15H19N5O. The van der Waals surface area contributed by atoms with Crippen molar-refractivity contribution in [3.8, 4) is 0 Å². The first kappa shape index (κ1) is 14.8. The van der Waals surface area contributed by atoms with Gasteiger partial charge in [0.05, 0.1) is 0 Å². The Hall–Kier alpha value is -2.63. The molecule has 2 amide bonds. The van der Waals surface area contributed by atoms with E-state index in [9.17, 15) is 4.79 Å². The van der Waals surface area contributed by atoms with Crippen LogP contribution in [-0.2, 0) is 6.54 Å². The number of rotatable bonds is 5. The molecule has 0 aromatic carbocycles. The molecule has 0 aliphatic heterocycles. The van der Waals surface area contributed by atoms with E-state index >= 15 is 0 Å².